The number of amides is 2. The number of phenols is 1. The Morgan fingerprint density at radius 1 is 1.07 bits per heavy atom. The predicted octanol–water partition coefficient (Wildman–Crippen LogP) is 2.12. The van der Waals surface area contributed by atoms with Crippen molar-refractivity contribution < 1.29 is 14.7 Å². The molecule has 27 heavy (non-hydrogen) atoms. The number of carbonyl (C=O) groups excluding carboxylic acids is 2. The fourth-order valence-electron chi connectivity index (χ4n) is 2.50. The molecule has 0 aromatic heterocycles. The molecule has 2 aromatic carbocycles. The van der Waals surface area contributed by atoms with Gasteiger partial charge in [0.05, 0.1) is 18.3 Å². The van der Waals surface area contributed by atoms with Gasteiger partial charge in [-0.25, -0.2) is 5.43 Å². The number of hydrazone groups is 1. The van der Waals surface area contributed by atoms with E-state index in [-0.39, 0.29) is 17.9 Å². The van der Waals surface area contributed by atoms with Crippen LogP contribution in [0, 0.1) is 0 Å². The van der Waals surface area contributed by atoms with Crippen LogP contribution in [0.1, 0.15) is 29.8 Å². The third-order valence-corrected chi connectivity index (χ3v) is 3.98. The summed E-state index contributed by atoms with van der Waals surface area (Å²) in [6, 6.07) is 14.0. The van der Waals surface area contributed by atoms with Crippen molar-refractivity contribution in [2.75, 3.05) is 24.5 Å². The summed E-state index contributed by atoms with van der Waals surface area (Å²) in [6.45, 7) is 5.84. The van der Waals surface area contributed by atoms with E-state index in [9.17, 15) is 14.7 Å². The van der Waals surface area contributed by atoms with Crippen molar-refractivity contribution in [2.45, 2.75) is 13.8 Å². The molecule has 2 aromatic rings. The van der Waals surface area contributed by atoms with Gasteiger partial charge in [-0.15, -0.1) is 0 Å². The van der Waals surface area contributed by atoms with Crippen LogP contribution >= 0.6 is 0 Å². The minimum Gasteiger partial charge on any atom is -0.507 e. The average molecular weight is 368 g/mol. The molecule has 0 unspecified atom stereocenters. The van der Waals surface area contributed by atoms with Gasteiger partial charge in [0, 0.05) is 18.8 Å². The molecule has 0 aliphatic carbocycles. The van der Waals surface area contributed by atoms with Gasteiger partial charge in [0.2, 0.25) is 0 Å². The van der Waals surface area contributed by atoms with Gasteiger partial charge in [-0.05, 0) is 43.7 Å². The predicted molar refractivity (Wildman–Crippen MR) is 106 cm³/mol. The number of benzene rings is 2. The lowest BCUT2D eigenvalue weighted by Gasteiger charge is -2.20. The lowest BCUT2D eigenvalue weighted by atomic mass is 10.2. The van der Waals surface area contributed by atoms with Gasteiger partial charge in [0.25, 0.3) is 11.8 Å². The molecule has 0 saturated heterocycles. The van der Waals surface area contributed by atoms with E-state index in [4.69, 9.17) is 0 Å². The Morgan fingerprint density at radius 3 is 2.37 bits per heavy atom. The summed E-state index contributed by atoms with van der Waals surface area (Å²) in [7, 11) is 0. The highest BCUT2D eigenvalue weighted by atomic mass is 16.3. The SMILES string of the molecule is CCN(CC)c1ccc(/C=N/NC(=O)CNC(=O)c2ccccc2O)cc1. The van der Waals surface area contributed by atoms with Gasteiger partial charge in [-0.2, -0.15) is 5.10 Å². The van der Waals surface area contributed by atoms with Crippen molar-refractivity contribution in [1.82, 2.24) is 10.7 Å². The summed E-state index contributed by atoms with van der Waals surface area (Å²) in [5.41, 5.74) is 4.45. The standard InChI is InChI=1S/C20H24N4O3/c1-3-24(4-2)16-11-9-15(10-12-16)13-22-23-19(26)14-21-20(27)17-7-5-6-8-18(17)25/h5-13,25H,3-4,14H2,1-2H3,(H,21,27)(H,23,26)/b22-13+. The topological polar surface area (TPSA) is 94.0 Å². The second-order valence-electron chi connectivity index (χ2n) is 5.76. The van der Waals surface area contributed by atoms with Gasteiger partial charge in [-0.1, -0.05) is 24.3 Å². The number of hydrogen-bond donors (Lipinski definition) is 3. The zero-order chi connectivity index (χ0) is 19.6. The highest BCUT2D eigenvalue weighted by molar-refractivity contribution is 5.98. The molecule has 2 rings (SSSR count). The Balaban J connectivity index is 1.81. The summed E-state index contributed by atoms with van der Waals surface area (Å²) in [5, 5.41) is 15.9. The van der Waals surface area contributed by atoms with Crippen LogP contribution in [-0.4, -0.2) is 42.8 Å². The minimum absolute atomic E-state index is 0.113. The fourth-order valence-corrected chi connectivity index (χ4v) is 2.50. The second-order valence-corrected chi connectivity index (χ2v) is 5.76. The Kier molecular flexibility index (Phi) is 7.37. The maximum absolute atomic E-state index is 11.9. The monoisotopic (exact) mass is 368 g/mol. The number of phenolic OH excluding ortho intramolecular Hbond substituents is 1. The molecule has 0 aliphatic heterocycles. The molecule has 0 radical (unpaired) electrons. The average Bonchev–Trinajstić information content (AvgIpc) is 2.68. The summed E-state index contributed by atoms with van der Waals surface area (Å²) >= 11 is 0. The Bertz CT molecular complexity index is 799. The lowest BCUT2D eigenvalue weighted by Crippen LogP contribution is -2.34. The van der Waals surface area contributed by atoms with E-state index in [0.717, 1.165) is 24.3 Å². The summed E-state index contributed by atoms with van der Waals surface area (Å²) in [4.78, 5) is 25.9. The van der Waals surface area contributed by atoms with Gasteiger partial charge in [-0.3, -0.25) is 9.59 Å². The van der Waals surface area contributed by atoms with Crippen LogP contribution in [0.15, 0.2) is 53.6 Å². The van der Waals surface area contributed by atoms with Gasteiger partial charge in [0.1, 0.15) is 5.75 Å². The molecule has 0 spiro atoms. The molecular weight excluding hydrogens is 344 g/mol. The first kappa shape index (κ1) is 20.0. The van der Waals surface area contributed by atoms with E-state index < -0.39 is 11.8 Å². The number of carbonyl (C=O) groups is 2. The molecule has 0 fully saturated rings. The van der Waals surface area contributed by atoms with Crippen molar-refractivity contribution in [3.05, 3.63) is 59.7 Å². The van der Waals surface area contributed by atoms with E-state index in [1.54, 1.807) is 12.1 Å². The number of rotatable bonds is 8. The second kappa shape index (κ2) is 9.96. The highest BCUT2D eigenvalue weighted by Crippen LogP contribution is 2.15. The molecule has 2 amide bonds. The van der Waals surface area contributed by atoms with Crippen molar-refractivity contribution >= 4 is 23.7 Å². The molecule has 3 N–H and O–H groups in total. The quantitative estimate of drug-likeness (QED) is 0.491. The Hall–Kier alpha value is -3.35. The van der Waals surface area contributed by atoms with Gasteiger partial charge in [0.15, 0.2) is 0 Å². The molecule has 0 heterocycles. The number of para-hydroxylation sites is 1. The van der Waals surface area contributed by atoms with Crippen molar-refractivity contribution in [3.8, 4) is 5.75 Å². The van der Waals surface area contributed by atoms with E-state index in [2.05, 4.69) is 34.6 Å². The third-order valence-electron chi connectivity index (χ3n) is 3.98. The van der Waals surface area contributed by atoms with Crippen molar-refractivity contribution in [2.24, 2.45) is 5.10 Å². The minimum atomic E-state index is -0.528. The molecule has 7 heteroatoms. The highest BCUT2D eigenvalue weighted by Gasteiger charge is 2.11. The molecule has 0 atom stereocenters. The Morgan fingerprint density at radius 2 is 1.74 bits per heavy atom. The molecule has 0 aliphatic rings. The molecule has 0 saturated carbocycles. The zero-order valence-electron chi connectivity index (χ0n) is 15.5. The smallest absolute Gasteiger partial charge is 0.259 e. The first-order valence-electron chi connectivity index (χ1n) is 8.78. The Labute approximate surface area is 158 Å². The van der Waals surface area contributed by atoms with Crippen LogP contribution in [0.4, 0.5) is 5.69 Å². The maximum atomic E-state index is 11.9. The normalized spacial score (nSPS) is 10.6. The molecule has 142 valence electrons. The summed E-state index contributed by atoms with van der Waals surface area (Å²) in [5.74, 6) is -1.13. The maximum Gasteiger partial charge on any atom is 0.259 e. The van der Waals surface area contributed by atoms with E-state index in [0.29, 0.717) is 0 Å². The van der Waals surface area contributed by atoms with Crippen LogP contribution in [0.25, 0.3) is 0 Å². The van der Waals surface area contributed by atoms with E-state index >= 15 is 0 Å². The van der Waals surface area contributed by atoms with Crippen LogP contribution in [0.5, 0.6) is 5.75 Å². The largest absolute Gasteiger partial charge is 0.507 e. The van der Waals surface area contributed by atoms with Crippen LogP contribution in [0.2, 0.25) is 0 Å². The number of aromatic hydroxyl groups is 1. The summed E-state index contributed by atoms with van der Waals surface area (Å²) in [6.07, 6.45) is 1.54. The molecule has 7 nitrogen and oxygen atoms in total. The first-order chi connectivity index (χ1) is 13.0. The van der Waals surface area contributed by atoms with Crippen LogP contribution in [-0.2, 0) is 4.79 Å². The van der Waals surface area contributed by atoms with Gasteiger partial charge < -0.3 is 15.3 Å². The van der Waals surface area contributed by atoms with Crippen molar-refractivity contribution in [3.63, 3.8) is 0 Å². The first-order valence-corrected chi connectivity index (χ1v) is 8.78. The third kappa shape index (κ3) is 5.85. The fraction of sp³-hybridized carbons (Fsp3) is 0.250. The number of anilines is 1. The number of nitrogens with zero attached hydrogens (tertiary/aromatic N) is 2. The van der Waals surface area contributed by atoms with Crippen LogP contribution < -0.4 is 15.6 Å². The van der Waals surface area contributed by atoms with E-state index in [1.165, 1.54) is 18.3 Å². The van der Waals surface area contributed by atoms with Crippen molar-refractivity contribution in [1.29, 1.82) is 0 Å². The van der Waals surface area contributed by atoms with Gasteiger partial charge >= 0.3 is 0 Å². The lowest BCUT2D eigenvalue weighted by molar-refractivity contribution is -0.120. The number of hydrogen-bond acceptors (Lipinski definition) is 5. The van der Waals surface area contributed by atoms with E-state index in [1.807, 2.05) is 24.3 Å². The summed E-state index contributed by atoms with van der Waals surface area (Å²) < 4.78 is 0. The molecule has 0 bridgehead atoms. The number of nitrogens with one attached hydrogen (secondary N) is 2. The molecular formula is C20H24N4O3. The van der Waals surface area contributed by atoms with Crippen LogP contribution in [0.3, 0.4) is 0 Å². The zero-order valence-corrected chi connectivity index (χ0v) is 15.5.